The zero-order chi connectivity index (χ0) is 17.1. The Kier molecular flexibility index (Phi) is 4.94. The molecule has 0 saturated carbocycles. The molecule has 0 aliphatic carbocycles. The minimum absolute atomic E-state index is 0.0170. The maximum absolute atomic E-state index is 13.1. The summed E-state index contributed by atoms with van der Waals surface area (Å²) in [5.41, 5.74) is 2.17. The summed E-state index contributed by atoms with van der Waals surface area (Å²) >= 11 is 0. The van der Waals surface area contributed by atoms with E-state index in [1.807, 2.05) is 11.8 Å². The lowest BCUT2D eigenvalue weighted by Gasteiger charge is -2.31. The summed E-state index contributed by atoms with van der Waals surface area (Å²) in [6.45, 7) is 3.49. The molecule has 1 aliphatic rings. The first kappa shape index (κ1) is 16.6. The number of hydrogen-bond donors (Lipinski definition) is 1. The molecular weight excluding hydrogens is 309 g/mol. The number of halogens is 1. The van der Waals surface area contributed by atoms with Crippen LogP contribution in [0.2, 0.25) is 0 Å². The molecule has 5 nitrogen and oxygen atoms in total. The van der Waals surface area contributed by atoms with Crippen molar-refractivity contribution in [3.8, 4) is 5.69 Å². The molecule has 0 unspecified atom stereocenters. The molecule has 2 heterocycles. The van der Waals surface area contributed by atoms with E-state index >= 15 is 0 Å². The predicted octanol–water partition coefficient (Wildman–Crippen LogP) is 2.42. The second-order valence-corrected chi connectivity index (χ2v) is 6.16. The van der Waals surface area contributed by atoms with Crippen LogP contribution in [-0.2, 0) is 6.42 Å². The van der Waals surface area contributed by atoms with Gasteiger partial charge < -0.3 is 10.0 Å². The van der Waals surface area contributed by atoms with Crippen LogP contribution in [-0.4, -0.2) is 45.4 Å². The maximum Gasteiger partial charge on any atom is 0.257 e. The van der Waals surface area contributed by atoms with Gasteiger partial charge in [-0.15, -0.1) is 0 Å². The first-order valence-corrected chi connectivity index (χ1v) is 8.37. The van der Waals surface area contributed by atoms with Crippen molar-refractivity contribution in [2.75, 3.05) is 19.7 Å². The first-order chi connectivity index (χ1) is 11.6. The zero-order valence-corrected chi connectivity index (χ0v) is 13.8. The Morgan fingerprint density at radius 2 is 1.96 bits per heavy atom. The highest BCUT2D eigenvalue weighted by Gasteiger charge is 2.26. The molecule has 0 spiro atoms. The zero-order valence-electron chi connectivity index (χ0n) is 13.8. The standard InChI is InChI=1S/C18H22FN3O2/c1-2-17-16(18(24)21-9-7-13(12-23)8-10-21)11-20-22(17)15-5-3-14(19)4-6-15/h3-6,11,13,23H,2,7-10,12H2,1H3. The van der Waals surface area contributed by atoms with Crippen molar-refractivity contribution in [2.45, 2.75) is 26.2 Å². The number of hydrogen-bond acceptors (Lipinski definition) is 3. The summed E-state index contributed by atoms with van der Waals surface area (Å²) in [6, 6.07) is 6.08. The van der Waals surface area contributed by atoms with E-state index in [9.17, 15) is 14.3 Å². The number of amides is 1. The van der Waals surface area contributed by atoms with Gasteiger partial charge in [-0.1, -0.05) is 6.92 Å². The van der Waals surface area contributed by atoms with Gasteiger partial charge in [-0.05, 0) is 49.4 Å². The molecule has 2 aromatic rings. The van der Waals surface area contributed by atoms with E-state index in [1.54, 1.807) is 23.0 Å². The quantitative estimate of drug-likeness (QED) is 0.936. The Balaban J connectivity index is 1.84. The summed E-state index contributed by atoms with van der Waals surface area (Å²) in [6.07, 6.45) is 3.92. The summed E-state index contributed by atoms with van der Waals surface area (Å²) < 4.78 is 14.8. The molecular formula is C18H22FN3O2. The Morgan fingerprint density at radius 3 is 2.54 bits per heavy atom. The second-order valence-electron chi connectivity index (χ2n) is 6.16. The van der Waals surface area contributed by atoms with E-state index in [-0.39, 0.29) is 18.3 Å². The monoisotopic (exact) mass is 331 g/mol. The second kappa shape index (κ2) is 7.13. The maximum atomic E-state index is 13.1. The summed E-state index contributed by atoms with van der Waals surface area (Å²) in [4.78, 5) is 14.7. The van der Waals surface area contributed by atoms with Gasteiger partial charge in [-0.25, -0.2) is 9.07 Å². The fourth-order valence-electron chi connectivity index (χ4n) is 3.19. The number of carbonyl (C=O) groups is 1. The largest absolute Gasteiger partial charge is 0.396 e. The molecule has 0 atom stereocenters. The molecule has 1 amide bonds. The van der Waals surface area contributed by atoms with Crippen molar-refractivity contribution >= 4 is 5.91 Å². The van der Waals surface area contributed by atoms with Crippen LogP contribution in [0.5, 0.6) is 0 Å². The highest BCUT2D eigenvalue weighted by atomic mass is 19.1. The van der Waals surface area contributed by atoms with Crippen molar-refractivity contribution < 1.29 is 14.3 Å². The van der Waals surface area contributed by atoms with Crippen LogP contribution in [0.15, 0.2) is 30.5 Å². The molecule has 3 rings (SSSR count). The summed E-state index contributed by atoms with van der Waals surface area (Å²) in [5, 5.41) is 13.6. The van der Waals surface area contributed by atoms with Crippen LogP contribution in [0, 0.1) is 11.7 Å². The average molecular weight is 331 g/mol. The van der Waals surface area contributed by atoms with E-state index in [1.165, 1.54) is 12.1 Å². The number of aromatic nitrogens is 2. The predicted molar refractivity (Wildman–Crippen MR) is 88.6 cm³/mol. The van der Waals surface area contributed by atoms with E-state index in [4.69, 9.17) is 0 Å². The lowest BCUT2D eigenvalue weighted by Crippen LogP contribution is -2.39. The number of likely N-dealkylation sites (tertiary alicyclic amines) is 1. The fraction of sp³-hybridized carbons (Fsp3) is 0.444. The number of aliphatic hydroxyl groups excluding tert-OH is 1. The van der Waals surface area contributed by atoms with Gasteiger partial charge in [0, 0.05) is 19.7 Å². The van der Waals surface area contributed by atoms with Crippen molar-refractivity contribution in [1.29, 1.82) is 0 Å². The van der Waals surface area contributed by atoms with Crippen LogP contribution < -0.4 is 0 Å². The molecule has 1 N–H and O–H groups in total. The van der Waals surface area contributed by atoms with Gasteiger partial charge in [-0.3, -0.25) is 4.79 Å². The van der Waals surface area contributed by atoms with Gasteiger partial charge in [0.15, 0.2) is 0 Å². The summed E-state index contributed by atoms with van der Waals surface area (Å²) in [5.74, 6) is -0.0229. The normalized spacial score (nSPS) is 15.7. The minimum atomic E-state index is -0.299. The van der Waals surface area contributed by atoms with Crippen LogP contribution in [0.4, 0.5) is 4.39 Å². The van der Waals surface area contributed by atoms with E-state index in [2.05, 4.69) is 5.10 Å². The highest BCUT2D eigenvalue weighted by molar-refractivity contribution is 5.95. The van der Waals surface area contributed by atoms with Crippen molar-refractivity contribution in [3.63, 3.8) is 0 Å². The number of nitrogens with zero attached hydrogens (tertiary/aromatic N) is 3. The molecule has 1 saturated heterocycles. The Labute approximate surface area is 140 Å². The van der Waals surface area contributed by atoms with Gasteiger partial charge in [0.1, 0.15) is 5.82 Å². The van der Waals surface area contributed by atoms with Crippen molar-refractivity contribution in [3.05, 3.63) is 47.5 Å². The number of aliphatic hydroxyl groups is 1. The third-order valence-corrected chi connectivity index (χ3v) is 4.67. The Morgan fingerprint density at radius 1 is 1.29 bits per heavy atom. The molecule has 1 fully saturated rings. The summed E-state index contributed by atoms with van der Waals surface area (Å²) in [7, 11) is 0. The fourth-order valence-corrected chi connectivity index (χ4v) is 3.19. The highest BCUT2D eigenvalue weighted by Crippen LogP contribution is 2.22. The molecule has 0 bridgehead atoms. The van der Waals surface area contributed by atoms with Crippen LogP contribution in [0.1, 0.15) is 35.8 Å². The van der Waals surface area contributed by atoms with E-state index in [0.717, 1.165) is 24.2 Å². The SMILES string of the molecule is CCc1c(C(=O)N2CCC(CO)CC2)cnn1-c1ccc(F)cc1. The number of carbonyl (C=O) groups excluding carboxylic acids is 1. The Bertz CT molecular complexity index is 704. The minimum Gasteiger partial charge on any atom is -0.396 e. The van der Waals surface area contributed by atoms with Crippen LogP contribution in [0.25, 0.3) is 5.69 Å². The third-order valence-electron chi connectivity index (χ3n) is 4.67. The van der Waals surface area contributed by atoms with Crippen LogP contribution >= 0.6 is 0 Å². The number of rotatable bonds is 4. The van der Waals surface area contributed by atoms with Gasteiger partial charge in [0.25, 0.3) is 5.91 Å². The van der Waals surface area contributed by atoms with Crippen molar-refractivity contribution in [1.82, 2.24) is 14.7 Å². The van der Waals surface area contributed by atoms with Gasteiger partial charge in [0.2, 0.25) is 0 Å². The Hall–Kier alpha value is -2.21. The lowest BCUT2D eigenvalue weighted by molar-refractivity contribution is 0.0650. The topological polar surface area (TPSA) is 58.4 Å². The number of piperidine rings is 1. The first-order valence-electron chi connectivity index (χ1n) is 8.37. The van der Waals surface area contributed by atoms with E-state index in [0.29, 0.717) is 31.0 Å². The molecule has 1 aliphatic heterocycles. The molecule has 0 radical (unpaired) electrons. The average Bonchev–Trinajstić information content (AvgIpc) is 3.05. The molecule has 1 aromatic heterocycles. The molecule has 128 valence electrons. The lowest BCUT2D eigenvalue weighted by atomic mass is 9.97. The smallest absolute Gasteiger partial charge is 0.257 e. The van der Waals surface area contributed by atoms with Gasteiger partial charge in [-0.2, -0.15) is 5.10 Å². The molecule has 6 heteroatoms. The molecule has 24 heavy (non-hydrogen) atoms. The van der Waals surface area contributed by atoms with Gasteiger partial charge >= 0.3 is 0 Å². The van der Waals surface area contributed by atoms with Crippen molar-refractivity contribution in [2.24, 2.45) is 5.92 Å². The van der Waals surface area contributed by atoms with Gasteiger partial charge in [0.05, 0.1) is 23.1 Å². The number of benzene rings is 1. The molecule has 1 aromatic carbocycles. The van der Waals surface area contributed by atoms with E-state index < -0.39 is 0 Å². The van der Waals surface area contributed by atoms with Crippen LogP contribution in [0.3, 0.4) is 0 Å². The third kappa shape index (κ3) is 3.19.